The number of morpholine rings is 1. The van der Waals surface area contributed by atoms with Crippen LogP contribution in [0, 0.1) is 5.92 Å². The van der Waals surface area contributed by atoms with Gasteiger partial charge in [-0.25, -0.2) is 4.68 Å². The molecule has 0 amide bonds. The first-order valence-corrected chi connectivity index (χ1v) is 9.84. The number of hydrogen-bond donors (Lipinski definition) is 1. The summed E-state index contributed by atoms with van der Waals surface area (Å²) in [6, 6.07) is 3.84. The lowest BCUT2D eigenvalue weighted by Gasteiger charge is -2.39. The van der Waals surface area contributed by atoms with Gasteiger partial charge in [0, 0.05) is 51.2 Å². The molecule has 2 aromatic rings. The molecule has 2 saturated heterocycles. The van der Waals surface area contributed by atoms with Gasteiger partial charge >= 0.3 is 0 Å². The summed E-state index contributed by atoms with van der Waals surface area (Å²) in [6.07, 6.45) is 6.60. The van der Waals surface area contributed by atoms with Crippen LogP contribution in [0.4, 0.5) is 11.8 Å². The van der Waals surface area contributed by atoms with Crippen LogP contribution in [0.2, 0.25) is 0 Å². The van der Waals surface area contributed by atoms with Gasteiger partial charge in [0.25, 0.3) is 0 Å². The molecule has 2 N–H and O–H groups in total. The SMILES string of the molecule is CC1CN(CC2CCN(c3cc(-n4cccn4)nc(N)n3)CC2)CC(C)O1. The predicted molar refractivity (Wildman–Crippen MR) is 105 cm³/mol. The maximum Gasteiger partial charge on any atom is 0.224 e. The van der Waals surface area contributed by atoms with Crippen LogP contribution in [-0.2, 0) is 4.74 Å². The molecule has 8 nitrogen and oxygen atoms in total. The highest BCUT2D eigenvalue weighted by Crippen LogP contribution is 2.25. The van der Waals surface area contributed by atoms with E-state index < -0.39 is 0 Å². The van der Waals surface area contributed by atoms with Gasteiger partial charge in [0.15, 0.2) is 5.82 Å². The highest BCUT2D eigenvalue weighted by molar-refractivity contribution is 5.48. The molecule has 2 unspecified atom stereocenters. The van der Waals surface area contributed by atoms with Crippen molar-refractivity contribution in [3.63, 3.8) is 0 Å². The molecule has 0 radical (unpaired) electrons. The van der Waals surface area contributed by atoms with Crippen molar-refractivity contribution in [3.8, 4) is 5.82 Å². The van der Waals surface area contributed by atoms with Crippen LogP contribution >= 0.6 is 0 Å². The minimum Gasteiger partial charge on any atom is -0.373 e. The van der Waals surface area contributed by atoms with E-state index in [1.807, 2.05) is 18.3 Å². The largest absolute Gasteiger partial charge is 0.373 e. The number of nitrogens with zero attached hydrogens (tertiary/aromatic N) is 6. The van der Waals surface area contributed by atoms with Gasteiger partial charge in [0.1, 0.15) is 5.82 Å². The normalized spacial score (nSPS) is 25.0. The van der Waals surface area contributed by atoms with Crippen molar-refractivity contribution in [1.82, 2.24) is 24.6 Å². The molecule has 2 aromatic heterocycles. The topological polar surface area (TPSA) is 85.3 Å². The quantitative estimate of drug-likeness (QED) is 0.873. The molecule has 0 aliphatic carbocycles. The van der Waals surface area contributed by atoms with Crippen LogP contribution in [0.25, 0.3) is 5.82 Å². The minimum absolute atomic E-state index is 0.288. The lowest BCUT2D eigenvalue weighted by Crippen LogP contribution is -2.48. The molecule has 2 aliphatic heterocycles. The third-order valence-corrected chi connectivity index (χ3v) is 5.41. The molecule has 27 heavy (non-hydrogen) atoms. The van der Waals surface area contributed by atoms with Gasteiger partial charge in [-0.2, -0.15) is 15.1 Å². The Kier molecular flexibility index (Phi) is 5.27. The summed E-state index contributed by atoms with van der Waals surface area (Å²) in [5, 5.41) is 4.24. The molecule has 0 saturated carbocycles. The smallest absolute Gasteiger partial charge is 0.224 e. The second-order valence-electron chi connectivity index (χ2n) is 7.80. The molecule has 2 atom stereocenters. The highest BCUT2D eigenvalue weighted by atomic mass is 16.5. The number of ether oxygens (including phenoxy) is 1. The van der Waals surface area contributed by atoms with Gasteiger partial charge in [-0.05, 0) is 38.7 Å². The van der Waals surface area contributed by atoms with E-state index in [2.05, 4.69) is 38.7 Å². The van der Waals surface area contributed by atoms with E-state index in [1.165, 1.54) is 12.8 Å². The Hall–Kier alpha value is -2.19. The van der Waals surface area contributed by atoms with Gasteiger partial charge in [0.2, 0.25) is 5.95 Å². The van der Waals surface area contributed by atoms with Crippen molar-refractivity contribution in [2.75, 3.05) is 43.4 Å². The number of anilines is 2. The van der Waals surface area contributed by atoms with Gasteiger partial charge < -0.3 is 15.4 Å². The van der Waals surface area contributed by atoms with Crippen molar-refractivity contribution >= 4 is 11.8 Å². The zero-order chi connectivity index (χ0) is 18.8. The van der Waals surface area contributed by atoms with E-state index >= 15 is 0 Å². The Morgan fingerprint density at radius 1 is 1.11 bits per heavy atom. The summed E-state index contributed by atoms with van der Waals surface area (Å²) < 4.78 is 7.57. The van der Waals surface area contributed by atoms with Gasteiger partial charge in [-0.15, -0.1) is 0 Å². The third-order valence-electron chi connectivity index (χ3n) is 5.41. The van der Waals surface area contributed by atoms with E-state index in [9.17, 15) is 0 Å². The van der Waals surface area contributed by atoms with Crippen molar-refractivity contribution < 1.29 is 4.74 Å². The molecule has 8 heteroatoms. The number of nitrogens with two attached hydrogens (primary N) is 1. The van der Waals surface area contributed by atoms with Gasteiger partial charge in [-0.1, -0.05) is 0 Å². The summed E-state index contributed by atoms with van der Waals surface area (Å²) in [7, 11) is 0. The average molecular weight is 371 g/mol. The number of hydrogen-bond acceptors (Lipinski definition) is 7. The number of piperidine rings is 1. The summed E-state index contributed by atoms with van der Waals surface area (Å²) in [5.74, 6) is 2.61. The molecule has 0 aromatic carbocycles. The van der Waals surface area contributed by atoms with Crippen molar-refractivity contribution in [1.29, 1.82) is 0 Å². The van der Waals surface area contributed by atoms with Crippen LogP contribution < -0.4 is 10.6 Å². The Bertz CT molecular complexity index is 733. The van der Waals surface area contributed by atoms with Crippen LogP contribution in [0.1, 0.15) is 26.7 Å². The average Bonchev–Trinajstić information content (AvgIpc) is 3.16. The molecular formula is C19H29N7O. The summed E-state index contributed by atoms with van der Waals surface area (Å²) in [6.45, 7) is 9.57. The molecule has 2 fully saturated rings. The van der Waals surface area contributed by atoms with Crippen LogP contribution in [0.15, 0.2) is 24.5 Å². The molecule has 0 spiro atoms. The van der Waals surface area contributed by atoms with Crippen molar-refractivity contribution in [2.45, 2.75) is 38.9 Å². The Balaban J connectivity index is 1.37. The number of nitrogen functional groups attached to an aromatic ring is 1. The molecule has 146 valence electrons. The first kappa shape index (κ1) is 18.2. The summed E-state index contributed by atoms with van der Waals surface area (Å²) >= 11 is 0. The molecule has 2 aliphatic rings. The molecule has 4 heterocycles. The molecular weight excluding hydrogens is 342 g/mol. The summed E-state index contributed by atoms with van der Waals surface area (Å²) in [5.41, 5.74) is 5.94. The minimum atomic E-state index is 0.288. The first-order chi connectivity index (χ1) is 13.1. The van der Waals surface area contributed by atoms with Crippen LogP contribution in [0.3, 0.4) is 0 Å². The fourth-order valence-electron chi connectivity index (χ4n) is 4.27. The van der Waals surface area contributed by atoms with Crippen molar-refractivity contribution in [3.05, 3.63) is 24.5 Å². The first-order valence-electron chi connectivity index (χ1n) is 9.84. The van der Waals surface area contributed by atoms with Gasteiger partial charge in [-0.3, -0.25) is 4.90 Å². The fraction of sp³-hybridized carbons (Fsp3) is 0.632. The van der Waals surface area contributed by atoms with Crippen LogP contribution in [-0.4, -0.2) is 69.6 Å². The second kappa shape index (κ2) is 7.82. The monoisotopic (exact) mass is 371 g/mol. The molecule has 4 rings (SSSR count). The standard InChI is InChI=1S/C19H29N7O/c1-14-11-24(12-15(2)27-14)13-16-4-8-25(9-5-16)17-10-18(23-19(20)22-17)26-7-3-6-21-26/h3,6-7,10,14-16H,4-5,8-9,11-13H2,1-2H3,(H2,20,22,23). The number of aromatic nitrogens is 4. The zero-order valence-corrected chi connectivity index (χ0v) is 16.2. The van der Waals surface area contributed by atoms with E-state index in [0.29, 0.717) is 18.0 Å². The predicted octanol–water partition coefficient (Wildman–Crippen LogP) is 1.57. The molecule has 0 bridgehead atoms. The maximum atomic E-state index is 5.94. The lowest BCUT2D eigenvalue weighted by molar-refractivity contribution is -0.0720. The highest BCUT2D eigenvalue weighted by Gasteiger charge is 2.27. The lowest BCUT2D eigenvalue weighted by atomic mass is 9.95. The Morgan fingerprint density at radius 3 is 2.48 bits per heavy atom. The third kappa shape index (κ3) is 4.39. The second-order valence-corrected chi connectivity index (χ2v) is 7.80. The fourth-order valence-corrected chi connectivity index (χ4v) is 4.27. The van der Waals surface area contributed by atoms with Crippen LogP contribution in [0.5, 0.6) is 0 Å². The summed E-state index contributed by atoms with van der Waals surface area (Å²) in [4.78, 5) is 13.6. The van der Waals surface area contributed by atoms with E-state index in [-0.39, 0.29) is 5.95 Å². The zero-order valence-electron chi connectivity index (χ0n) is 16.2. The number of rotatable bonds is 4. The van der Waals surface area contributed by atoms with E-state index in [4.69, 9.17) is 10.5 Å². The van der Waals surface area contributed by atoms with Gasteiger partial charge in [0.05, 0.1) is 12.2 Å². The Labute approximate surface area is 160 Å². The van der Waals surface area contributed by atoms with E-state index in [0.717, 1.165) is 44.5 Å². The van der Waals surface area contributed by atoms with E-state index in [1.54, 1.807) is 10.9 Å². The maximum absolute atomic E-state index is 5.94. The Morgan fingerprint density at radius 2 is 1.81 bits per heavy atom. The van der Waals surface area contributed by atoms with Crippen molar-refractivity contribution in [2.24, 2.45) is 5.92 Å².